The third-order valence-electron chi connectivity index (χ3n) is 4.93. The largest absolute Gasteiger partial charge is 0.341 e. The van der Waals surface area contributed by atoms with E-state index in [-0.39, 0.29) is 11.9 Å². The number of imide groups is 1. The predicted molar refractivity (Wildman–Crippen MR) is 106 cm³/mol. The molecular weight excluding hydrogens is 364 g/mol. The smallest absolute Gasteiger partial charge is 0.321 e. The Morgan fingerprint density at radius 3 is 2.37 bits per heavy atom. The molecular formula is C18H30N6O2S. The van der Waals surface area contributed by atoms with Gasteiger partial charge in [0.2, 0.25) is 11.9 Å². The third kappa shape index (κ3) is 5.15. The van der Waals surface area contributed by atoms with Gasteiger partial charge < -0.3 is 10.2 Å². The van der Waals surface area contributed by atoms with E-state index in [1.807, 2.05) is 13.8 Å². The Hall–Kier alpha value is -1.77. The zero-order valence-electron chi connectivity index (χ0n) is 16.6. The lowest BCUT2D eigenvalue weighted by molar-refractivity contribution is -0.119. The summed E-state index contributed by atoms with van der Waals surface area (Å²) in [6.45, 7) is 9.79. The van der Waals surface area contributed by atoms with Gasteiger partial charge in [-0.05, 0) is 52.4 Å². The molecule has 2 aliphatic rings. The monoisotopic (exact) mass is 394 g/mol. The number of rotatable bonds is 6. The van der Waals surface area contributed by atoms with Gasteiger partial charge >= 0.3 is 6.03 Å². The summed E-state index contributed by atoms with van der Waals surface area (Å²) < 4.78 is 2.19. The molecule has 9 heteroatoms. The van der Waals surface area contributed by atoms with Crippen molar-refractivity contribution in [3.8, 4) is 0 Å². The van der Waals surface area contributed by atoms with Crippen LogP contribution in [0, 0.1) is 5.92 Å². The molecule has 2 heterocycles. The fraction of sp³-hybridized carbons (Fsp3) is 0.778. The van der Waals surface area contributed by atoms with Crippen LogP contribution in [0.5, 0.6) is 0 Å². The van der Waals surface area contributed by atoms with E-state index < -0.39 is 11.3 Å². The SMILES string of the molecule is CC1CCN(c2nnc(S[C@@H](C)C(=O)NC(=O)NC(C)C)n2C2CC2)CC1. The van der Waals surface area contributed by atoms with Crippen LogP contribution in [0.2, 0.25) is 0 Å². The van der Waals surface area contributed by atoms with E-state index in [4.69, 9.17) is 0 Å². The second kappa shape index (κ2) is 8.50. The van der Waals surface area contributed by atoms with Crippen LogP contribution in [0.4, 0.5) is 10.7 Å². The van der Waals surface area contributed by atoms with Crippen LogP contribution in [-0.2, 0) is 4.79 Å². The van der Waals surface area contributed by atoms with Gasteiger partial charge in [-0.2, -0.15) is 0 Å². The van der Waals surface area contributed by atoms with Crippen LogP contribution in [0.1, 0.15) is 59.4 Å². The highest BCUT2D eigenvalue weighted by Gasteiger charge is 2.33. The molecule has 1 aliphatic heterocycles. The number of nitrogens with zero attached hydrogens (tertiary/aromatic N) is 4. The predicted octanol–water partition coefficient (Wildman–Crippen LogP) is 2.56. The molecule has 1 atom stereocenters. The molecule has 1 aliphatic carbocycles. The lowest BCUT2D eigenvalue weighted by Gasteiger charge is -2.31. The summed E-state index contributed by atoms with van der Waals surface area (Å²) in [4.78, 5) is 26.4. The van der Waals surface area contributed by atoms with Crippen LogP contribution in [0.25, 0.3) is 0 Å². The second-order valence-electron chi connectivity index (χ2n) is 7.93. The molecule has 27 heavy (non-hydrogen) atoms. The summed E-state index contributed by atoms with van der Waals surface area (Å²) in [5, 5.41) is 14.2. The maximum Gasteiger partial charge on any atom is 0.321 e. The molecule has 150 valence electrons. The van der Waals surface area contributed by atoms with Gasteiger partial charge in [0.1, 0.15) is 0 Å². The van der Waals surface area contributed by atoms with Crippen molar-refractivity contribution in [3.05, 3.63) is 0 Å². The van der Waals surface area contributed by atoms with E-state index in [0.717, 1.165) is 43.0 Å². The highest BCUT2D eigenvalue weighted by atomic mass is 32.2. The van der Waals surface area contributed by atoms with Gasteiger partial charge in [0.15, 0.2) is 5.16 Å². The van der Waals surface area contributed by atoms with Crippen LogP contribution in [0.3, 0.4) is 0 Å². The molecule has 1 saturated carbocycles. The van der Waals surface area contributed by atoms with Crippen molar-refractivity contribution in [2.75, 3.05) is 18.0 Å². The molecule has 0 unspecified atom stereocenters. The number of piperidine rings is 1. The highest BCUT2D eigenvalue weighted by molar-refractivity contribution is 8.00. The number of amides is 3. The second-order valence-corrected chi connectivity index (χ2v) is 9.24. The van der Waals surface area contributed by atoms with E-state index >= 15 is 0 Å². The Kier molecular flexibility index (Phi) is 6.29. The van der Waals surface area contributed by atoms with Gasteiger partial charge in [0.25, 0.3) is 0 Å². The number of aromatic nitrogens is 3. The molecule has 2 fully saturated rings. The van der Waals surface area contributed by atoms with Gasteiger partial charge in [0.05, 0.1) is 5.25 Å². The zero-order valence-corrected chi connectivity index (χ0v) is 17.4. The number of anilines is 1. The number of nitrogens with one attached hydrogen (secondary N) is 2. The molecule has 8 nitrogen and oxygen atoms in total. The van der Waals surface area contributed by atoms with Crippen LogP contribution in [-0.4, -0.2) is 51.1 Å². The molecule has 1 aromatic heterocycles. The molecule has 3 rings (SSSR count). The molecule has 0 radical (unpaired) electrons. The summed E-state index contributed by atoms with van der Waals surface area (Å²) >= 11 is 1.36. The first-order valence-corrected chi connectivity index (χ1v) is 10.7. The van der Waals surface area contributed by atoms with Crippen molar-refractivity contribution in [1.82, 2.24) is 25.4 Å². The van der Waals surface area contributed by atoms with Crippen LogP contribution < -0.4 is 15.5 Å². The minimum atomic E-state index is -0.464. The van der Waals surface area contributed by atoms with E-state index in [1.54, 1.807) is 6.92 Å². The lowest BCUT2D eigenvalue weighted by atomic mass is 10.00. The summed E-state index contributed by atoms with van der Waals surface area (Å²) in [5.41, 5.74) is 0. The maximum atomic E-state index is 12.3. The quantitative estimate of drug-likeness (QED) is 0.721. The van der Waals surface area contributed by atoms with E-state index in [0.29, 0.717) is 6.04 Å². The molecule has 1 aromatic rings. The standard InChI is InChI=1S/C18H30N6O2S/c1-11(2)19-16(26)20-15(25)13(4)27-18-22-21-17(24(18)14-5-6-14)23-9-7-12(3)8-10-23/h11-14H,5-10H2,1-4H3,(H2,19,20,25,26)/t13-/m0/s1. The van der Waals surface area contributed by atoms with E-state index in [1.165, 1.54) is 24.6 Å². The average molecular weight is 395 g/mol. The van der Waals surface area contributed by atoms with E-state index in [9.17, 15) is 9.59 Å². The minimum absolute atomic E-state index is 0.0199. The molecule has 0 aromatic carbocycles. The normalized spacial score (nSPS) is 19.2. The van der Waals surface area contributed by atoms with Crippen LogP contribution in [0.15, 0.2) is 5.16 Å². The van der Waals surface area contributed by atoms with Gasteiger partial charge in [-0.1, -0.05) is 18.7 Å². The van der Waals surface area contributed by atoms with Crippen molar-refractivity contribution in [2.24, 2.45) is 5.92 Å². The molecule has 0 spiro atoms. The number of urea groups is 1. The number of hydrogen-bond acceptors (Lipinski definition) is 6. The minimum Gasteiger partial charge on any atom is -0.341 e. The fourth-order valence-corrected chi connectivity index (χ4v) is 4.06. The van der Waals surface area contributed by atoms with Crippen molar-refractivity contribution in [1.29, 1.82) is 0 Å². The molecule has 2 N–H and O–H groups in total. The maximum absolute atomic E-state index is 12.3. The zero-order chi connectivity index (χ0) is 19.6. The summed E-state index contributed by atoms with van der Waals surface area (Å²) in [6.07, 6.45) is 4.59. The van der Waals surface area contributed by atoms with Crippen molar-refractivity contribution < 1.29 is 9.59 Å². The first-order valence-electron chi connectivity index (χ1n) is 9.83. The molecule has 0 bridgehead atoms. The Balaban J connectivity index is 1.66. The topological polar surface area (TPSA) is 92.2 Å². The molecule has 1 saturated heterocycles. The Morgan fingerprint density at radius 2 is 1.78 bits per heavy atom. The number of thioether (sulfide) groups is 1. The Morgan fingerprint density at radius 1 is 1.11 bits per heavy atom. The third-order valence-corrected chi connectivity index (χ3v) is 5.99. The van der Waals surface area contributed by atoms with Crippen LogP contribution >= 0.6 is 11.8 Å². The number of hydrogen-bond donors (Lipinski definition) is 2. The van der Waals surface area contributed by atoms with Gasteiger partial charge in [-0.25, -0.2) is 4.79 Å². The van der Waals surface area contributed by atoms with Crippen molar-refractivity contribution in [2.45, 2.75) is 75.9 Å². The highest BCUT2D eigenvalue weighted by Crippen LogP contribution is 2.42. The summed E-state index contributed by atoms with van der Waals surface area (Å²) in [5.74, 6) is 1.36. The first kappa shape index (κ1) is 20.0. The van der Waals surface area contributed by atoms with Gasteiger partial charge in [-0.15, -0.1) is 10.2 Å². The summed E-state index contributed by atoms with van der Waals surface area (Å²) in [6, 6.07) is -0.0564. The Labute approximate surface area is 164 Å². The average Bonchev–Trinajstić information content (AvgIpc) is 3.35. The van der Waals surface area contributed by atoms with Crippen molar-refractivity contribution in [3.63, 3.8) is 0 Å². The lowest BCUT2D eigenvalue weighted by Crippen LogP contribution is -2.45. The van der Waals surface area contributed by atoms with Gasteiger partial charge in [0, 0.05) is 25.2 Å². The van der Waals surface area contributed by atoms with Crippen molar-refractivity contribution >= 4 is 29.6 Å². The number of carbonyl (C=O) groups excluding carboxylic acids is 2. The molecule has 3 amide bonds. The Bertz CT molecular complexity index is 679. The van der Waals surface area contributed by atoms with E-state index in [2.05, 4.69) is 37.2 Å². The van der Waals surface area contributed by atoms with Gasteiger partial charge in [-0.3, -0.25) is 14.7 Å². The number of carbonyl (C=O) groups is 2. The first-order chi connectivity index (χ1) is 12.8. The fourth-order valence-electron chi connectivity index (χ4n) is 3.15. The summed E-state index contributed by atoms with van der Waals surface area (Å²) in [7, 11) is 0.